The summed E-state index contributed by atoms with van der Waals surface area (Å²) in [7, 11) is 3.48. The van der Waals surface area contributed by atoms with E-state index >= 15 is 0 Å². The number of hydrogen-bond donors (Lipinski definition) is 2. The lowest BCUT2D eigenvalue weighted by Gasteiger charge is -2.13. The lowest BCUT2D eigenvalue weighted by atomic mass is 10.2. The van der Waals surface area contributed by atoms with Crippen molar-refractivity contribution < 1.29 is 9.59 Å². The smallest absolute Gasteiger partial charge is 0.222 e. The Balaban J connectivity index is 3.46. The van der Waals surface area contributed by atoms with Crippen molar-refractivity contribution in [2.24, 2.45) is 5.73 Å². The molecule has 0 radical (unpaired) electrons. The summed E-state index contributed by atoms with van der Waals surface area (Å²) in [4.78, 5) is 23.3. The van der Waals surface area contributed by atoms with Gasteiger partial charge in [0.2, 0.25) is 11.8 Å². The van der Waals surface area contributed by atoms with E-state index in [2.05, 4.69) is 5.32 Å². The van der Waals surface area contributed by atoms with Crippen molar-refractivity contribution in [3.05, 3.63) is 0 Å². The lowest BCUT2D eigenvalue weighted by molar-refractivity contribution is -0.128. The Kier molecular flexibility index (Phi) is 6.70. The van der Waals surface area contributed by atoms with Crippen LogP contribution in [0.5, 0.6) is 0 Å². The topological polar surface area (TPSA) is 75.4 Å². The minimum Gasteiger partial charge on any atom is -0.370 e. The van der Waals surface area contributed by atoms with Crippen molar-refractivity contribution >= 4 is 11.8 Å². The van der Waals surface area contributed by atoms with Gasteiger partial charge in [-0.15, -0.1) is 0 Å². The van der Waals surface area contributed by atoms with Gasteiger partial charge < -0.3 is 16.0 Å². The van der Waals surface area contributed by atoms with Crippen LogP contribution in [0.1, 0.15) is 26.2 Å². The number of nitrogens with one attached hydrogen (secondary N) is 1. The molecular weight excluding hydrogens is 194 g/mol. The maximum atomic E-state index is 11.2. The van der Waals surface area contributed by atoms with Crippen LogP contribution in [-0.2, 0) is 9.59 Å². The van der Waals surface area contributed by atoms with Crippen LogP contribution in [0.25, 0.3) is 0 Å². The number of rotatable bonds is 7. The molecule has 0 spiro atoms. The average Bonchev–Trinajstić information content (AvgIpc) is 2.10. The molecule has 0 aliphatic carbocycles. The summed E-state index contributed by atoms with van der Waals surface area (Å²) in [5.74, 6) is -0.182. The third-order valence-corrected chi connectivity index (χ3v) is 2.07. The Morgan fingerprint density at radius 2 is 2.00 bits per heavy atom. The number of amides is 2. The maximum Gasteiger partial charge on any atom is 0.222 e. The van der Waals surface area contributed by atoms with Gasteiger partial charge in [0, 0.05) is 33.0 Å². The van der Waals surface area contributed by atoms with E-state index in [0.29, 0.717) is 12.8 Å². The molecule has 0 rings (SSSR count). The van der Waals surface area contributed by atoms with E-state index in [-0.39, 0.29) is 17.9 Å². The number of hydrogen-bond acceptors (Lipinski definition) is 3. The number of carbonyl (C=O) groups excluding carboxylic acids is 2. The zero-order valence-corrected chi connectivity index (χ0v) is 9.75. The molecule has 1 atom stereocenters. The maximum absolute atomic E-state index is 11.2. The molecule has 0 heterocycles. The van der Waals surface area contributed by atoms with Gasteiger partial charge in [-0.25, -0.2) is 0 Å². The summed E-state index contributed by atoms with van der Waals surface area (Å²) < 4.78 is 0. The van der Waals surface area contributed by atoms with E-state index in [0.717, 1.165) is 13.0 Å². The highest BCUT2D eigenvalue weighted by Gasteiger charge is 2.06. The zero-order chi connectivity index (χ0) is 11.8. The third-order valence-electron chi connectivity index (χ3n) is 2.07. The van der Waals surface area contributed by atoms with Gasteiger partial charge in [-0.05, 0) is 19.9 Å². The van der Waals surface area contributed by atoms with E-state index in [1.165, 1.54) is 0 Å². The number of carbonyl (C=O) groups is 2. The minimum atomic E-state index is -0.306. The van der Waals surface area contributed by atoms with Crippen molar-refractivity contribution in [1.82, 2.24) is 10.2 Å². The first-order valence-electron chi connectivity index (χ1n) is 5.15. The molecule has 0 aromatic rings. The molecule has 5 heteroatoms. The highest BCUT2D eigenvalue weighted by atomic mass is 16.2. The summed E-state index contributed by atoms with van der Waals surface area (Å²) in [5, 5.41) is 3.14. The fourth-order valence-electron chi connectivity index (χ4n) is 1.19. The van der Waals surface area contributed by atoms with Crippen LogP contribution >= 0.6 is 0 Å². The van der Waals surface area contributed by atoms with Gasteiger partial charge in [0.05, 0.1) is 0 Å². The normalized spacial score (nSPS) is 12.2. The fourth-order valence-corrected chi connectivity index (χ4v) is 1.19. The Hall–Kier alpha value is -1.10. The largest absolute Gasteiger partial charge is 0.370 e. The molecule has 0 aromatic heterocycles. The van der Waals surface area contributed by atoms with Gasteiger partial charge in [0.1, 0.15) is 0 Å². The molecule has 88 valence electrons. The van der Waals surface area contributed by atoms with Crippen molar-refractivity contribution in [3.8, 4) is 0 Å². The van der Waals surface area contributed by atoms with Crippen LogP contribution in [0.4, 0.5) is 0 Å². The second kappa shape index (κ2) is 7.23. The fraction of sp³-hybridized carbons (Fsp3) is 0.800. The average molecular weight is 215 g/mol. The van der Waals surface area contributed by atoms with E-state index in [4.69, 9.17) is 5.73 Å². The van der Waals surface area contributed by atoms with Gasteiger partial charge in [0.25, 0.3) is 0 Å². The Labute approximate surface area is 91.0 Å². The standard InChI is InChI=1S/C10H21N3O2/c1-8(7-9(11)14)12-6-4-5-10(15)13(2)3/h8,12H,4-7H2,1-3H3,(H2,11,14). The molecule has 1 unspecified atom stereocenters. The Morgan fingerprint density at radius 3 is 2.47 bits per heavy atom. The first-order chi connectivity index (χ1) is 6.93. The number of primary amides is 1. The second-order valence-electron chi connectivity index (χ2n) is 3.92. The van der Waals surface area contributed by atoms with Crippen molar-refractivity contribution in [2.75, 3.05) is 20.6 Å². The summed E-state index contributed by atoms with van der Waals surface area (Å²) >= 11 is 0. The molecule has 2 amide bonds. The number of nitrogens with zero attached hydrogens (tertiary/aromatic N) is 1. The minimum absolute atomic E-state index is 0.0805. The quantitative estimate of drug-likeness (QED) is 0.573. The predicted octanol–water partition coefficient (Wildman–Crippen LogP) is -0.292. The van der Waals surface area contributed by atoms with Gasteiger partial charge >= 0.3 is 0 Å². The van der Waals surface area contributed by atoms with Crippen molar-refractivity contribution in [1.29, 1.82) is 0 Å². The molecule has 3 N–H and O–H groups in total. The molecular formula is C10H21N3O2. The van der Waals surface area contributed by atoms with Crippen LogP contribution in [0.3, 0.4) is 0 Å². The van der Waals surface area contributed by atoms with Gasteiger partial charge in [-0.2, -0.15) is 0 Å². The molecule has 0 saturated heterocycles. The van der Waals surface area contributed by atoms with Crippen LogP contribution < -0.4 is 11.1 Å². The molecule has 0 aliphatic rings. The molecule has 0 aromatic carbocycles. The SMILES string of the molecule is CC(CC(N)=O)NCCCC(=O)N(C)C. The highest BCUT2D eigenvalue weighted by Crippen LogP contribution is 1.94. The Morgan fingerprint density at radius 1 is 1.40 bits per heavy atom. The molecule has 5 nitrogen and oxygen atoms in total. The first kappa shape index (κ1) is 13.9. The van der Waals surface area contributed by atoms with Crippen LogP contribution in [0.15, 0.2) is 0 Å². The molecule has 15 heavy (non-hydrogen) atoms. The first-order valence-corrected chi connectivity index (χ1v) is 5.15. The van der Waals surface area contributed by atoms with E-state index in [9.17, 15) is 9.59 Å². The van der Waals surface area contributed by atoms with Crippen LogP contribution in [-0.4, -0.2) is 43.4 Å². The van der Waals surface area contributed by atoms with E-state index in [1.54, 1.807) is 19.0 Å². The monoisotopic (exact) mass is 215 g/mol. The van der Waals surface area contributed by atoms with Gasteiger partial charge in [0.15, 0.2) is 0 Å². The van der Waals surface area contributed by atoms with Crippen LogP contribution in [0, 0.1) is 0 Å². The predicted molar refractivity (Wildman–Crippen MR) is 59.2 cm³/mol. The van der Waals surface area contributed by atoms with E-state index in [1.807, 2.05) is 6.92 Å². The Bertz CT molecular complexity index is 217. The van der Waals surface area contributed by atoms with Crippen molar-refractivity contribution in [3.63, 3.8) is 0 Å². The lowest BCUT2D eigenvalue weighted by Crippen LogP contribution is -2.32. The summed E-state index contributed by atoms with van der Waals surface area (Å²) in [6.07, 6.45) is 1.64. The summed E-state index contributed by atoms with van der Waals surface area (Å²) in [6.45, 7) is 2.63. The molecule has 0 fully saturated rings. The van der Waals surface area contributed by atoms with Crippen molar-refractivity contribution in [2.45, 2.75) is 32.2 Å². The van der Waals surface area contributed by atoms with Gasteiger partial charge in [-0.1, -0.05) is 0 Å². The summed E-state index contributed by atoms with van der Waals surface area (Å²) in [6, 6.07) is 0.0805. The molecule has 0 aliphatic heterocycles. The van der Waals surface area contributed by atoms with E-state index < -0.39 is 0 Å². The summed E-state index contributed by atoms with van der Waals surface area (Å²) in [5.41, 5.74) is 5.05. The molecule has 0 saturated carbocycles. The van der Waals surface area contributed by atoms with Gasteiger partial charge in [-0.3, -0.25) is 9.59 Å². The number of nitrogens with two attached hydrogens (primary N) is 1. The van der Waals surface area contributed by atoms with Crippen LogP contribution in [0.2, 0.25) is 0 Å². The highest BCUT2D eigenvalue weighted by molar-refractivity contribution is 5.75. The second-order valence-corrected chi connectivity index (χ2v) is 3.92. The molecule has 0 bridgehead atoms. The third kappa shape index (κ3) is 7.93. The zero-order valence-electron chi connectivity index (χ0n) is 9.75.